The first-order valence-electron chi connectivity index (χ1n) is 8.72. The topological polar surface area (TPSA) is 70.1 Å². The number of halogens is 1. The van der Waals surface area contributed by atoms with Crippen molar-refractivity contribution in [1.29, 1.82) is 0 Å². The van der Waals surface area contributed by atoms with Crippen molar-refractivity contribution in [2.24, 2.45) is 11.8 Å². The fourth-order valence-corrected chi connectivity index (χ4v) is 4.56. The van der Waals surface area contributed by atoms with Crippen molar-refractivity contribution in [2.45, 2.75) is 25.0 Å². The first kappa shape index (κ1) is 16.7. The molecule has 3 fully saturated rings. The predicted molar refractivity (Wildman–Crippen MR) is 92.8 cm³/mol. The van der Waals surface area contributed by atoms with Crippen molar-refractivity contribution in [3.63, 3.8) is 0 Å². The molecular weight excluding hydrogens is 344 g/mol. The van der Waals surface area contributed by atoms with Crippen LogP contribution in [0.15, 0.2) is 24.3 Å². The monoisotopic (exact) mass is 364 g/mol. The van der Waals surface area contributed by atoms with Crippen molar-refractivity contribution >= 4 is 29.2 Å². The van der Waals surface area contributed by atoms with Gasteiger partial charge in [0.2, 0.25) is 5.91 Å². The lowest BCUT2D eigenvalue weighted by Gasteiger charge is -2.38. The third-order valence-corrected chi connectivity index (χ3v) is 5.84. The second-order valence-corrected chi connectivity index (χ2v) is 7.41. The number of hydrogen-bond donors (Lipinski definition) is 1. The molecule has 1 N–H and O–H groups in total. The highest BCUT2D eigenvalue weighted by molar-refractivity contribution is 6.30. The molecule has 0 aliphatic carbocycles. The number of carboxylic acids is 1. The van der Waals surface area contributed by atoms with E-state index in [0.29, 0.717) is 31.2 Å². The Balaban J connectivity index is 1.42. The van der Waals surface area contributed by atoms with Crippen molar-refractivity contribution in [3.05, 3.63) is 29.3 Å². The van der Waals surface area contributed by atoms with Crippen LogP contribution in [0.1, 0.15) is 12.8 Å². The molecule has 3 saturated heterocycles. The minimum atomic E-state index is -0.914. The zero-order valence-electron chi connectivity index (χ0n) is 13.8. The number of aliphatic carboxylic acids is 1. The summed E-state index contributed by atoms with van der Waals surface area (Å²) in [5.74, 6) is -2.21. The number of piperazine rings is 1. The molecule has 4 rings (SSSR count). The van der Waals surface area contributed by atoms with Gasteiger partial charge in [0.05, 0.1) is 24.0 Å². The highest BCUT2D eigenvalue weighted by Crippen LogP contribution is 2.44. The van der Waals surface area contributed by atoms with Crippen LogP contribution in [0.25, 0.3) is 0 Å². The fraction of sp³-hybridized carbons (Fsp3) is 0.556. The Bertz CT molecular complexity index is 689. The Kier molecular flexibility index (Phi) is 4.33. The van der Waals surface area contributed by atoms with Gasteiger partial charge in [-0.3, -0.25) is 9.59 Å². The summed E-state index contributed by atoms with van der Waals surface area (Å²) >= 11 is 6.05. The average Bonchev–Trinajstić information content (AvgIpc) is 3.22. The van der Waals surface area contributed by atoms with Gasteiger partial charge in [-0.25, -0.2) is 0 Å². The summed E-state index contributed by atoms with van der Waals surface area (Å²) in [5, 5.41) is 10.2. The second-order valence-electron chi connectivity index (χ2n) is 6.97. The Morgan fingerprint density at radius 1 is 1.08 bits per heavy atom. The Morgan fingerprint density at radius 2 is 1.76 bits per heavy atom. The molecule has 0 spiro atoms. The minimum absolute atomic E-state index is 0.0645. The molecule has 2 bridgehead atoms. The van der Waals surface area contributed by atoms with Gasteiger partial charge in [0.1, 0.15) is 0 Å². The van der Waals surface area contributed by atoms with E-state index < -0.39 is 17.8 Å². The van der Waals surface area contributed by atoms with Crippen molar-refractivity contribution in [1.82, 2.24) is 4.90 Å². The van der Waals surface area contributed by atoms with E-state index in [2.05, 4.69) is 4.90 Å². The molecule has 4 atom stereocenters. The smallest absolute Gasteiger partial charge is 0.310 e. The van der Waals surface area contributed by atoms with E-state index in [1.54, 1.807) is 4.90 Å². The van der Waals surface area contributed by atoms with E-state index in [-0.39, 0.29) is 18.1 Å². The quantitative estimate of drug-likeness (QED) is 0.886. The van der Waals surface area contributed by atoms with E-state index >= 15 is 0 Å². The summed E-state index contributed by atoms with van der Waals surface area (Å²) in [6.07, 6.45) is 0.996. The summed E-state index contributed by atoms with van der Waals surface area (Å²) in [7, 11) is 0. The molecule has 134 valence electrons. The standard InChI is InChI=1S/C18H21ClN2O4/c19-11-2-1-3-12(10-11)20-6-8-21(9-7-20)17(22)15-13-4-5-14(25-13)16(15)18(23)24/h1-3,10,13-16H,4-9H2,(H,23,24)/t13-,14+,15-,16-/m0/s1. The van der Waals surface area contributed by atoms with Crippen LogP contribution < -0.4 is 4.90 Å². The molecule has 1 aromatic rings. The Morgan fingerprint density at radius 3 is 2.40 bits per heavy atom. The molecule has 0 aromatic heterocycles. The number of benzene rings is 1. The maximum absolute atomic E-state index is 12.9. The maximum atomic E-state index is 12.9. The van der Waals surface area contributed by atoms with Crippen LogP contribution in [0.2, 0.25) is 5.02 Å². The van der Waals surface area contributed by atoms with Gasteiger partial charge in [0.15, 0.2) is 0 Å². The Labute approximate surface area is 151 Å². The fourth-order valence-electron chi connectivity index (χ4n) is 4.37. The van der Waals surface area contributed by atoms with Crippen LogP contribution in [0, 0.1) is 11.8 Å². The highest BCUT2D eigenvalue weighted by atomic mass is 35.5. The lowest BCUT2D eigenvalue weighted by molar-refractivity contribution is -0.151. The minimum Gasteiger partial charge on any atom is -0.481 e. The number of carbonyl (C=O) groups excluding carboxylic acids is 1. The molecule has 6 nitrogen and oxygen atoms in total. The molecule has 25 heavy (non-hydrogen) atoms. The average molecular weight is 365 g/mol. The van der Waals surface area contributed by atoms with Gasteiger partial charge in [0.25, 0.3) is 0 Å². The van der Waals surface area contributed by atoms with Gasteiger partial charge in [0, 0.05) is 36.9 Å². The Hall–Kier alpha value is -1.79. The zero-order chi connectivity index (χ0) is 17.6. The van der Waals surface area contributed by atoms with E-state index in [1.165, 1.54) is 0 Å². The van der Waals surface area contributed by atoms with E-state index in [0.717, 1.165) is 18.5 Å². The normalized spacial score (nSPS) is 31.4. The largest absolute Gasteiger partial charge is 0.481 e. The number of ether oxygens (including phenoxy) is 1. The molecule has 1 amide bonds. The number of fused-ring (bicyclic) bond motifs is 2. The molecule has 0 saturated carbocycles. The molecule has 3 heterocycles. The summed E-state index contributed by atoms with van der Waals surface area (Å²) in [6.45, 7) is 2.61. The van der Waals surface area contributed by atoms with Gasteiger partial charge in [-0.15, -0.1) is 0 Å². The third kappa shape index (κ3) is 2.98. The molecule has 3 aliphatic rings. The first-order chi connectivity index (χ1) is 12.0. The van der Waals surface area contributed by atoms with Crippen LogP contribution in [-0.2, 0) is 14.3 Å². The molecular formula is C18H21ClN2O4. The molecule has 0 radical (unpaired) electrons. The van der Waals surface area contributed by atoms with Gasteiger partial charge in [-0.05, 0) is 31.0 Å². The number of rotatable bonds is 3. The maximum Gasteiger partial charge on any atom is 0.310 e. The number of carboxylic acid groups (broad SMARTS) is 1. The van der Waals surface area contributed by atoms with Crippen LogP contribution in [0.5, 0.6) is 0 Å². The van der Waals surface area contributed by atoms with Gasteiger partial charge in [-0.2, -0.15) is 0 Å². The predicted octanol–water partition coefficient (Wildman–Crippen LogP) is 1.87. The summed E-state index contributed by atoms with van der Waals surface area (Å²) < 4.78 is 5.72. The highest BCUT2D eigenvalue weighted by Gasteiger charge is 2.56. The van der Waals surface area contributed by atoms with Gasteiger partial charge in [-0.1, -0.05) is 17.7 Å². The number of anilines is 1. The SMILES string of the molecule is O=C(O)[C@@H]1[C@@H](C(=O)N2CCN(c3cccc(Cl)c3)CC2)[C@@H]2CC[C@H]1O2. The van der Waals surface area contributed by atoms with E-state index in [4.69, 9.17) is 16.3 Å². The number of amides is 1. The first-order valence-corrected chi connectivity index (χ1v) is 9.10. The zero-order valence-corrected chi connectivity index (χ0v) is 14.6. The third-order valence-electron chi connectivity index (χ3n) is 5.61. The molecule has 0 unspecified atom stereocenters. The molecule has 1 aromatic carbocycles. The number of carbonyl (C=O) groups is 2. The summed E-state index contributed by atoms with van der Waals surface area (Å²) in [4.78, 5) is 28.5. The van der Waals surface area contributed by atoms with E-state index in [9.17, 15) is 14.7 Å². The lowest BCUT2D eigenvalue weighted by Crippen LogP contribution is -2.53. The van der Waals surface area contributed by atoms with Crippen LogP contribution in [-0.4, -0.2) is 60.3 Å². The van der Waals surface area contributed by atoms with Gasteiger partial charge >= 0.3 is 5.97 Å². The van der Waals surface area contributed by atoms with Crippen LogP contribution >= 0.6 is 11.6 Å². The summed E-state index contributed by atoms with van der Waals surface area (Å²) in [6, 6.07) is 7.68. The van der Waals surface area contributed by atoms with Crippen LogP contribution in [0.3, 0.4) is 0 Å². The second kappa shape index (κ2) is 6.50. The molecule has 3 aliphatic heterocycles. The lowest BCUT2D eigenvalue weighted by atomic mass is 9.78. The molecule has 7 heteroatoms. The van der Waals surface area contributed by atoms with Gasteiger partial charge < -0.3 is 19.6 Å². The van der Waals surface area contributed by atoms with E-state index in [1.807, 2.05) is 24.3 Å². The van der Waals surface area contributed by atoms with Crippen molar-refractivity contribution < 1.29 is 19.4 Å². The number of hydrogen-bond acceptors (Lipinski definition) is 4. The van der Waals surface area contributed by atoms with Crippen molar-refractivity contribution in [2.75, 3.05) is 31.1 Å². The van der Waals surface area contributed by atoms with Crippen molar-refractivity contribution in [3.8, 4) is 0 Å². The summed E-state index contributed by atoms with van der Waals surface area (Å²) in [5.41, 5.74) is 1.05. The number of nitrogens with zero attached hydrogens (tertiary/aromatic N) is 2. The van der Waals surface area contributed by atoms with Crippen LogP contribution in [0.4, 0.5) is 5.69 Å².